The topological polar surface area (TPSA) is 29.9 Å². The second-order valence-electron chi connectivity index (χ2n) is 4.94. The molecule has 1 aromatic carbocycles. The van der Waals surface area contributed by atoms with Gasteiger partial charge in [-0.15, -0.1) is 0 Å². The van der Waals surface area contributed by atoms with Gasteiger partial charge in [0.15, 0.2) is 0 Å². The number of hydrogen-bond donors (Lipinski definition) is 1. The summed E-state index contributed by atoms with van der Waals surface area (Å²) in [5, 5.41) is 8.57. The SMILES string of the molecule is CCCNCc1ccc(-c2cnn(CC)c2C)cc1Cl. The lowest BCUT2D eigenvalue weighted by molar-refractivity contribution is 0.640. The Kier molecular flexibility index (Phi) is 5.21. The summed E-state index contributed by atoms with van der Waals surface area (Å²) in [6.45, 7) is 9.07. The van der Waals surface area contributed by atoms with Crippen LogP contribution in [0.4, 0.5) is 0 Å². The fraction of sp³-hybridized carbons (Fsp3) is 0.438. The van der Waals surface area contributed by atoms with Gasteiger partial charge in [0.1, 0.15) is 0 Å². The molecular formula is C16H22ClN3. The molecule has 0 aliphatic heterocycles. The van der Waals surface area contributed by atoms with E-state index in [9.17, 15) is 0 Å². The number of aromatic nitrogens is 2. The zero-order valence-corrected chi connectivity index (χ0v) is 13.2. The van der Waals surface area contributed by atoms with Crippen LogP contribution in [0.3, 0.4) is 0 Å². The highest BCUT2D eigenvalue weighted by Crippen LogP contribution is 2.27. The molecule has 0 amide bonds. The van der Waals surface area contributed by atoms with Gasteiger partial charge in [0.25, 0.3) is 0 Å². The van der Waals surface area contributed by atoms with E-state index < -0.39 is 0 Å². The van der Waals surface area contributed by atoms with Gasteiger partial charge < -0.3 is 5.32 Å². The second-order valence-corrected chi connectivity index (χ2v) is 5.35. The minimum Gasteiger partial charge on any atom is -0.313 e. The average molecular weight is 292 g/mol. The minimum absolute atomic E-state index is 0.815. The number of rotatable bonds is 6. The third kappa shape index (κ3) is 3.22. The monoisotopic (exact) mass is 291 g/mol. The molecule has 0 bridgehead atoms. The number of hydrogen-bond acceptors (Lipinski definition) is 2. The van der Waals surface area contributed by atoms with Gasteiger partial charge in [0.05, 0.1) is 6.20 Å². The van der Waals surface area contributed by atoms with Crippen molar-refractivity contribution in [1.29, 1.82) is 0 Å². The summed E-state index contributed by atoms with van der Waals surface area (Å²) in [5.74, 6) is 0. The molecule has 0 unspecified atom stereocenters. The van der Waals surface area contributed by atoms with E-state index in [0.29, 0.717) is 0 Å². The van der Waals surface area contributed by atoms with Gasteiger partial charge in [-0.1, -0.05) is 30.7 Å². The molecule has 20 heavy (non-hydrogen) atoms. The Bertz CT molecular complexity index is 575. The normalized spacial score (nSPS) is 11.0. The summed E-state index contributed by atoms with van der Waals surface area (Å²) < 4.78 is 2.00. The lowest BCUT2D eigenvalue weighted by Gasteiger charge is -2.08. The first-order chi connectivity index (χ1) is 9.67. The van der Waals surface area contributed by atoms with E-state index in [1.807, 2.05) is 16.9 Å². The van der Waals surface area contributed by atoms with Gasteiger partial charge in [-0.3, -0.25) is 4.68 Å². The summed E-state index contributed by atoms with van der Waals surface area (Å²) in [5.41, 5.74) is 4.61. The first kappa shape index (κ1) is 15.1. The lowest BCUT2D eigenvalue weighted by Crippen LogP contribution is -2.13. The first-order valence-corrected chi connectivity index (χ1v) is 7.57. The zero-order valence-electron chi connectivity index (χ0n) is 12.4. The van der Waals surface area contributed by atoms with E-state index in [2.05, 4.69) is 43.3 Å². The van der Waals surface area contributed by atoms with Crippen LogP contribution in [-0.4, -0.2) is 16.3 Å². The van der Waals surface area contributed by atoms with Crippen LogP contribution in [0.2, 0.25) is 5.02 Å². The highest BCUT2D eigenvalue weighted by atomic mass is 35.5. The van der Waals surface area contributed by atoms with Gasteiger partial charge in [0.2, 0.25) is 0 Å². The van der Waals surface area contributed by atoms with E-state index in [-0.39, 0.29) is 0 Å². The number of halogens is 1. The Hall–Kier alpha value is -1.32. The zero-order chi connectivity index (χ0) is 14.5. The Morgan fingerprint density at radius 1 is 1.30 bits per heavy atom. The molecule has 0 aliphatic carbocycles. The standard InChI is InChI=1S/C16H22ClN3/c1-4-8-18-10-14-7-6-13(9-16(14)17)15-11-19-20(5-2)12(15)3/h6-7,9,11,18H,4-5,8,10H2,1-3H3. The minimum atomic E-state index is 0.815. The molecule has 1 heterocycles. The number of nitrogens with one attached hydrogen (secondary N) is 1. The molecule has 0 saturated heterocycles. The Labute approximate surface area is 126 Å². The van der Waals surface area contributed by atoms with E-state index in [1.165, 1.54) is 5.69 Å². The molecule has 2 rings (SSSR count). The van der Waals surface area contributed by atoms with E-state index in [1.54, 1.807) is 0 Å². The first-order valence-electron chi connectivity index (χ1n) is 7.19. The van der Waals surface area contributed by atoms with Gasteiger partial charge >= 0.3 is 0 Å². The van der Waals surface area contributed by atoms with Crippen molar-refractivity contribution in [2.75, 3.05) is 6.54 Å². The van der Waals surface area contributed by atoms with Crippen LogP contribution in [0.15, 0.2) is 24.4 Å². The highest BCUT2D eigenvalue weighted by Gasteiger charge is 2.09. The van der Waals surface area contributed by atoms with Crippen molar-refractivity contribution in [1.82, 2.24) is 15.1 Å². The molecule has 1 aromatic heterocycles. The van der Waals surface area contributed by atoms with Crippen molar-refractivity contribution in [3.8, 4) is 11.1 Å². The molecule has 0 aliphatic rings. The predicted molar refractivity (Wildman–Crippen MR) is 85.1 cm³/mol. The average Bonchev–Trinajstić information content (AvgIpc) is 2.82. The van der Waals surface area contributed by atoms with Crippen LogP contribution >= 0.6 is 11.6 Å². The number of aryl methyl sites for hydroxylation is 1. The van der Waals surface area contributed by atoms with E-state index >= 15 is 0 Å². The van der Waals surface area contributed by atoms with E-state index in [4.69, 9.17) is 11.6 Å². The largest absolute Gasteiger partial charge is 0.313 e. The summed E-state index contributed by atoms with van der Waals surface area (Å²) in [6.07, 6.45) is 3.05. The van der Waals surface area contributed by atoms with Crippen molar-refractivity contribution in [3.63, 3.8) is 0 Å². The van der Waals surface area contributed by atoms with Crippen molar-refractivity contribution in [3.05, 3.63) is 40.7 Å². The second kappa shape index (κ2) is 6.91. The molecule has 1 N–H and O–H groups in total. The summed E-state index contributed by atoms with van der Waals surface area (Å²) in [6, 6.07) is 6.26. The molecule has 0 spiro atoms. The molecule has 0 atom stereocenters. The fourth-order valence-corrected chi connectivity index (χ4v) is 2.55. The van der Waals surface area contributed by atoms with Crippen molar-refractivity contribution in [2.24, 2.45) is 0 Å². The van der Waals surface area contributed by atoms with Gasteiger partial charge in [-0.05, 0) is 44.0 Å². The predicted octanol–water partition coefficient (Wildman–Crippen LogP) is 4.03. The smallest absolute Gasteiger partial charge is 0.0571 e. The highest BCUT2D eigenvalue weighted by molar-refractivity contribution is 6.31. The fourth-order valence-electron chi connectivity index (χ4n) is 2.31. The Morgan fingerprint density at radius 3 is 2.70 bits per heavy atom. The van der Waals surface area contributed by atoms with Crippen LogP contribution in [-0.2, 0) is 13.1 Å². The van der Waals surface area contributed by atoms with Crippen molar-refractivity contribution < 1.29 is 0 Å². The van der Waals surface area contributed by atoms with E-state index in [0.717, 1.165) is 47.8 Å². The third-order valence-corrected chi connectivity index (χ3v) is 3.86. The molecule has 4 heteroatoms. The van der Waals surface area contributed by atoms with Crippen molar-refractivity contribution in [2.45, 2.75) is 40.3 Å². The molecule has 0 saturated carbocycles. The van der Waals surface area contributed by atoms with Gasteiger partial charge in [0, 0.05) is 29.4 Å². The molecule has 0 fully saturated rings. The van der Waals surface area contributed by atoms with Crippen LogP contribution in [0.25, 0.3) is 11.1 Å². The molecule has 2 aromatic rings. The summed E-state index contributed by atoms with van der Waals surface area (Å²) in [4.78, 5) is 0. The Morgan fingerprint density at radius 2 is 2.10 bits per heavy atom. The molecular weight excluding hydrogens is 270 g/mol. The molecule has 3 nitrogen and oxygen atoms in total. The van der Waals surface area contributed by atoms with Crippen molar-refractivity contribution >= 4 is 11.6 Å². The molecule has 0 radical (unpaired) electrons. The van der Waals surface area contributed by atoms with Gasteiger partial charge in [-0.25, -0.2) is 0 Å². The summed E-state index contributed by atoms with van der Waals surface area (Å²) >= 11 is 6.38. The number of benzene rings is 1. The summed E-state index contributed by atoms with van der Waals surface area (Å²) in [7, 11) is 0. The van der Waals surface area contributed by atoms with Gasteiger partial charge in [-0.2, -0.15) is 5.10 Å². The van der Waals surface area contributed by atoms with Crippen LogP contribution < -0.4 is 5.32 Å². The quantitative estimate of drug-likeness (QED) is 0.814. The van der Waals surface area contributed by atoms with Crippen LogP contribution in [0, 0.1) is 6.92 Å². The maximum atomic E-state index is 6.38. The molecule has 108 valence electrons. The number of nitrogens with zero attached hydrogens (tertiary/aromatic N) is 2. The maximum absolute atomic E-state index is 6.38. The van der Waals surface area contributed by atoms with Crippen LogP contribution in [0.1, 0.15) is 31.5 Å². The van der Waals surface area contributed by atoms with Crippen LogP contribution in [0.5, 0.6) is 0 Å². The lowest BCUT2D eigenvalue weighted by atomic mass is 10.0. The third-order valence-electron chi connectivity index (χ3n) is 3.51. The Balaban J connectivity index is 2.21. The maximum Gasteiger partial charge on any atom is 0.0571 e.